The van der Waals surface area contributed by atoms with Crippen LogP contribution in [0.15, 0.2) is 56.8 Å². The maximum atomic E-state index is 12.2. The number of fused-ring (bicyclic) bond motifs is 1. The molecule has 0 saturated heterocycles. The Labute approximate surface area is 142 Å². The lowest BCUT2D eigenvalue weighted by atomic mass is 10.1. The average Bonchev–Trinajstić information content (AvgIpc) is 2.54. The summed E-state index contributed by atoms with van der Waals surface area (Å²) in [6.07, 6.45) is 4.58. The molecule has 0 radical (unpaired) electrons. The van der Waals surface area contributed by atoms with Gasteiger partial charge in [-0.1, -0.05) is 17.2 Å². The van der Waals surface area contributed by atoms with Crippen molar-refractivity contribution in [1.29, 1.82) is 0 Å². The van der Waals surface area contributed by atoms with E-state index in [-0.39, 0.29) is 11.9 Å². The maximum Gasteiger partial charge on any atom is 0.379 e. The number of hydrogen-bond acceptors (Lipinski definition) is 4. The number of hydrogen-bond donors (Lipinski definition) is 0. The van der Waals surface area contributed by atoms with Crippen molar-refractivity contribution in [3.05, 3.63) is 58.0 Å². The van der Waals surface area contributed by atoms with Crippen molar-refractivity contribution in [3.63, 3.8) is 0 Å². The highest BCUT2D eigenvalue weighted by molar-refractivity contribution is 5.79. The highest BCUT2D eigenvalue weighted by Crippen LogP contribution is 2.23. The summed E-state index contributed by atoms with van der Waals surface area (Å²) in [7, 11) is 1.57. The Morgan fingerprint density at radius 3 is 2.62 bits per heavy atom. The van der Waals surface area contributed by atoms with Crippen molar-refractivity contribution in [2.45, 2.75) is 40.2 Å². The maximum absolute atomic E-state index is 12.2. The summed E-state index contributed by atoms with van der Waals surface area (Å²) < 4.78 is 16.5. The van der Waals surface area contributed by atoms with Gasteiger partial charge in [0, 0.05) is 17.9 Å². The van der Waals surface area contributed by atoms with Gasteiger partial charge in [-0.15, -0.1) is 0 Å². The van der Waals surface area contributed by atoms with Crippen LogP contribution in [0.2, 0.25) is 0 Å². The average molecular weight is 328 g/mol. The molecule has 1 heterocycles. The van der Waals surface area contributed by atoms with Crippen LogP contribution in [0.25, 0.3) is 11.0 Å². The third-order valence-electron chi connectivity index (χ3n) is 3.72. The van der Waals surface area contributed by atoms with E-state index in [1.165, 1.54) is 5.57 Å². The molecule has 0 amide bonds. The third kappa shape index (κ3) is 4.51. The van der Waals surface area contributed by atoms with Gasteiger partial charge in [0.15, 0.2) is 0 Å². The smallest absolute Gasteiger partial charge is 0.379 e. The van der Waals surface area contributed by atoms with Crippen molar-refractivity contribution >= 4 is 11.0 Å². The van der Waals surface area contributed by atoms with E-state index in [4.69, 9.17) is 13.9 Å². The summed E-state index contributed by atoms with van der Waals surface area (Å²) in [5, 5.41) is 0.795. The summed E-state index contributed by atoms with van der Waals surface area (Å²) in [5.41, 5.74) is 2.34. The second-order valence-electron chi connectivity index (χ2n) is 6.04. The molecule has 0 aliphatic carbocycles. The fourth-order valence-electron chi connectivity index (χ4n) is 2.39. The van der Waals surface area contributed by atoms with Gasteiger partial charge in [-0.2, -0.15) is 0 Å². The molecule has 128 valence electrons. The van der Waals surface area contributed by atoms with Crippen LogP contribution in [0.3, 0.4) is 0 Å². The Bertz CT molecular complexity index is 823. The Kier molecular flexibility index (Phi) is 5.85. The first-order chi connectivity index (χ1) is 11.4. The minimum Gasteiger partial charge on any atom is -0.497 e. The number of rotatable bonds is 6. The third-order valence-corrected chi connectivity index (χ3v) is 3.72. The Morgan fingerprint density at radius 2 is 2.00 bits per heavy atom. The fraction of sp³-hybridized carbons (Fsp3) is 0.350. The van der Waals surface area contributed by atoms with Gasteiger partial charge in [-0.25, -0.2) is 4.79 Å². The molecular weight excluding hydrogens is 304 g/mol. The van der Waals surface area contributed by atoms with Crippen LogP contribution >= 0.6 is 0 Å². The molecule has 0 fully saturated rings. The van der Waals surface area contributed by atoms with E-state index < -0.39 is 5.63 Å². The van der Waals surface area contributed by atoms with Gasteiger partial charge < -0.3 is 13.9 Å². The first-order valence-electron chi connectivity index (χ1n) is 7.98. The van der Waals surface area contributed by atoms with Crippen LogP contribution in [0, 0.1) is 0 Å². The quantitative estimate of drug-likeness (QED) is 0.560. The normalized spacial score (nSPS) is 12.8. The van der Waals surface area contributed by atoms with E-state index in [1.807, 2.05) is 52.0 Å². The molecule has 1 aromatic carbocycles. The topological polar surface area (TPSA) is 48.7 Å². The zero-order chi connectivity index (χ0) is 17.7. The second kappa shape index (κ2) is 7.86. The molecule has 24 heavy (non-hydrogen) atoms. The van der Waals surface area contributed by atoms with Crippen LogP contribution in [-0.4, -0.2) is 13.2 Å². The summed E-state index contributed by atoms with van der Waals surface area (Å²) in [6, 6.07) is 7.08. The summed E-state index contributed by atoms with van der Waals surface area (Å²) >= 11 is 0. The summed E-state index contributed by atoms with van der Waals surface area (Å²) in [6.45, 7) is 8.06. The predicted molar refractivity (Wildman–Crippen MR) is 96.9 cm³/mol. The standard InChI is InChI=1S/C20H24O4/c1-6-14(4)10-17(9-13(2)3)23-19-11-15-7-8-16(22-5)12-18(15)24-20(19)21/h6-9,11-12,17H,10H2,1-5H3. The number of ether oxygens (including phenoxy) is 2. The van der Waals surface area contributed by atoms with Crippen molar-refractivity contribution in [1.82, 2.24) is 0 Å². The van der Waals surface area contributed by atoms with E-state index in [9.17, 15) is 4.79 Å². The number of benzene rings is 1. The molecule has 2 aromatic rings. The van der Waals surface area contributed by atoms with E-state index in [0.29, 0.717) is 11.3 Å². The molecule has 0 aliphatic heterocycles. The molecular formula is C20H24O4. The molecule has 4 nitrogen and oxygen atoms in total. The Balaban J connectivity index is 2.37. The predicted octanol–water partition coefficient (Wildman–Crippen LogP) is 4.87. The van der Waals surface area contributed by atoms with Gasteiger partial charge in [-0.3, -0.25) is 0 Å². The van der Waals surface area contributed by atoms with Crippen LogP contribution in [-0.2, 0) is 0 Å². The molecule has 0 N–H and O–H groups in total. The molecule has 2 rings (SSSR count). The van der Waals surface area contributed by atoms with Gasteiger partial charge in [0.05, 0.1) is 7.11 Å². The fourth-order valence-corrected chi connectivity index (χ4v) is 2.39. The summed E-state index contributed by atoms with van der Waals surface area (Å²) in [4.78, 5) is 12.2. The van der Waals surface area contributed by atoms with Crippen molar-refractivity contribution in [3.8, 4) is 11.5 Å². The van der Waals surface area contributed by atoms with E-state index in [0.717, 1.165) is 17.4 Å². The molecule has 0 spiro atoms. The van der Waals surface area contributed by atoms with Crippen molar-refractivity contribution < 1.29 is 13.9 Å². The first-order valence-corrected chi connectivity index (χ1v) is 7.98. The zero-order valence-corrected chi connectivity index (χ0v) is 14.9. The van der Waals surface area contributed by atoms with Crippen LogP contribution < -0.4 is 15.1 Å². The lowest BCUT2D eigenvalue weighted by Crippen LogP contribution is -2.18. The van der Waals surface area contributed by atoms with Crippen LogP contribution in [0.4, 0.5) is 0 Å². The molecule has 0 saturated carbocycles. The van der Waals surface area contributed by atoms with Gasteiger partial charge in [0.25, 0.3) is 0 Å². The second-order valence-corrected chi connectivity index (χ2v) is 6.04. The van der Waals surface area contributed by atoms with Gasteiger partial charge in [-0.05, 0) is 52.0 Å². The summed E-state index contributed by atoms with van der Waals surface area (Å²) in [5.74, 6) is 0.865. The van der Waals surface area contributed by atoms with Crippen molar-refractivity contribution in [2.24, 2.45) is 0 Å². The highest BCUT2D eigenvalue weighted by atomic mass is 16.5. The Hall–Kier alpha value is -2.49. The largest absolute Gasteiger partial charge is 0.497 e. The van der Waals surface area contributed by atoms with E-state index >= 15 is 0 Å². The monoisotopic (exact) mass is 328 g/mol. The molecule has 1 unspecified atom stereocenters. The molecule has 4 heteroatoms. The zero-order valence-electron chi connectivity index (χ0n) is 14.9. The molecule has 1 atom stereocenters. The molecule has 0 aliphatic rings. The minimum absolute atomic E-state index is 0.204. The lowest BCUT2D eigenvalue weighted by molar-refractivity contribution is 0.238. The van der Waals surface area contributed by atoms with E-state index in [1.54, 1.807) is 19.2 Å². The molecule has 0 bridgehead atoms. The van der Waals surface area contributed by atoms with Gasteiger partial charge in [0.2, 0.25) is 5.75 Å². The Morgan fingerprint density at radius 1 is 1.25 bits per heavy atom. The first kappa shape index (κ1) is 17.9. The van der Waals surface area contributed by atoms with Crippen molar-refractivity contribution in [2.75, 3.05) is 7.11 Å². The van der Waals surface area contributed by atoms with Gasteiger partial charge >= 0.3 is 5.63 Å². The number of allylic oxidation sites excluding steroid dienone is 2. The van der Waals surface area contributed by atoms with E-state index in [2.05, 4.69) is 0 Å². The SMILES string of the molecule is CC=C(C)CC(C=C(C)C)Oc1cc2ccc(OC)cc2oc1=O. The number of methoxy groups -OCH3 is 1. The minimum atomic E-state index is -0.485. The lowest BCUT2D eigenvalue weighted by Gasteiger charge is -2.16. The van der Waals surface area contributed by atoms with Crippen LogP contribution in [0.5, 0.6) is 11.5 Å². The molecule has 1 aromatic heterocycles. The van der Waals surface area contributed by atoms with Crippen LogP contribution in [0.1, 0.15) is 34.1 Å². The van der Waals surface area contributed by atoms with Gasteiger partial charge in [0.1, 0.15) is 17.4 Å². The highest BCUT2D eigenvalue weighted by Gasteiger charge is 2.13.